The minimum Gasteiger partial charge on any atom is -0.306 e. The van der Waals surface area contributed by atoms with Crippen molar-refractivity contribution in [2.45, 2.75) is 26.2 Å². The summed E-state index contributed by atoms with van der Waals surface area (Å²) in [6.45, 7) is 4.32. The Morgan fingerprint density at radius 3 is 2.61 bits per heavy atom. The highest BCUT2D eigenvalue weighted by Gasteiger charge is 2.28. The molecule has 1 fully saturated rings. The zero-order chi connectivity index (χ0) is 16.0. The van der Waals surface area contributed by atoms with Crippen molar-refractivity contribution < 1.29 is 4.79 Å². The Kier molecular flexibility index (Phi) is 3.70. The van der Waals surface area contributed by atoms with E-state index in [2.05, 4.69) is 43.1 Å². The van der Waals surface area contributed by atoms with Gasteiger partial charge in [-0.25, -0.2) is 0 Å². The fraction of sp³-hybridized carbons (Fsp3) is 0.350. The van der Waals surface area contributed by atoms with Crippen molar-refractivity contribution in [2.24, 2.45) is 0 Å². The van der Waals surface area contributed by atoms with E-state index < -0.39 is 0 Å². The lowest BCUT2D eigenvalue weighted by Gasteiger charge is -2.27. The number of ketones is 1. The molecule has 0 amide bonds. The number of thiophene rings is 1. The van der Waals surface area contributed by atoms with Gasteiger partial charge in [0.2, 0.25) is 0 Å². The molecular formula is C20H21NOS. The van der Waals surface area contributed by atoms with Gasteiger partial charge < -0.3 is 4.90 Å². The maximum Gasteiger partial charge on any atom is 0.177 e. The zero-order valence-corrected chi connectivity index (χ0v) is 14.5. The second-order valence-corrected chi connectivity index (χ2v) is 7.90. The molecule has 2 heterocycles. The van der Waals surface area contributed by atoms with Gasteiger partial charge in [0.25, 0.3) is 0 Å². The topological polar surface area (TPSA) is 20.3 Å². The molecule has 0 unspecified atom stereocenters. The first kappa shape index (κ1) is 14.9. The van der Waals surface area contributed by atoms with Crippen LogP contribution < -0.4 is 0 Å². The molecule has 0 bridgehead atoms. The van der Waals surface area contributed by atoms with Gasteiger partial charge in [-0.05, 0) is 49.6 Å². The van der Waals surface area contributed by atoms with Crippen LogP contribution in [0.3, 0.4) is 0 Å². The van der Waals surface area contributed by atoms with Crippen molar-refractivity contribution >= 4 is 22.7 Å². The van der Waals surface area contributed by atoms with Crippen LogP contribution >= 0.6 is 11.3 Å². The minimum absolute atomic E-state index is 0.272. The Morgan fingerprint density at radius 2 is 1.83 bits per heavy atom. The van der Waals surface area contributed by atoms with E-state index in [1.165, 1.54) is 32.7 Å². The Hall–Kier alpha value is -1.71. The van der Waals surface area contributed by atoms with Crippen molar-refractivity contribution in [3.05, 3.63) is 62.3 Å². The predicted molar refractivity (Wildman–Crippen MR) is 96.3 cm³/mol. The summed E-state index contributed by atoms with van der Waals surface area (Å²) in [5.41, 5.74) is 6.50. The molecule has 1 aliphatic heterocycles. The van der Waals surface area contributed by atoms with Crippen LogP contribution in [0, 0.1) is 6.92 Å². The maximum absolute atomic E-state index is 12.7. The molecule has 3 heteroatoms. The fourth-order valence-electron chi connectivity index (χ4n) is 3.74. The first-order valence-electron chi connectivity index (χ1n) is 8.26. The van der Waals surface area contributed by atoms with E-state index >= 15 is 0 Å². The summed E-state index contributed by atoms with van der Waals surface area (Å²) in [4.78, 5) is 17.3. The quantitative estimate of drug-likeness (QED) is 0.719. The van der Waals surface area contributed by atoms with Gasteiger partial charge in [-0.3, -0.25) is 4.79 Å². The largest absolute Gasteiger partial charge is 0.306 e. The third-order valence-corrected chi connectivity index (χ3v) is 6.05. The third kappa shape index (κ3) is 2.58. The van der Waals surface area contributed by atoms with Gasteiger partial charge in [-0.15, -0.1) is 11.3 Å². The number of aryl methyl sites for hydroxylation is 1. The highest BCUT2D eigenvalue weighted by molar-refractivity contribution is 7.14. The van der Waals surface area contributed by atoms with Gasteiger partial charge in [0.1, 0.15) is 0 Å². The Bertz CT molecular complexity index is 805. The first-order valence-corrected chi connectivity index (χ1v) is 9.08. The lowest BCUT2D eigenvalue weighted by molar-refractivity contribution is 0.0997. The van der Waals surface area contributed by atoms with Crippen LogP contribution in [0.15, 0.2) is 35.9 Å². The van der Waals surface area contributed by atoms with Crippen molar-refractivity contribution in [1.82, 2.24) is 4.90 Å². The number of benzene rings is 1. The SMILES string of the molecule is Cc1cc2c(s1)C(=O)Cc1ccccc1C2=C1CCN(C)CC1. The van der Waals surface area contributed by atoms with Gasteiger partial charge >= 0.3 is 0 Å². The summed E-state index contributed by atoms with van der Waals surface area (Å²) in [5.74, 6) is 0.272. The molecule has 1 aromatic carbocycles. The molecule has 1 aromatic heterocycles. The lowest BCUT2D eigenvalue weighted by atomic mass is 9.87. The van der Waals surface area contributed by atoms with Crippen molar-refractivity contribution in [1.29, 1.82) is 0 Å². The van der Waals surface area contributed by atoms with Gasteiger partial charge in [0.15, 0.2) is 5.78 Å². The van der Waals surface area contributed by atoms with E-state index in [0.29, 0.717) is 6.42 Å². The predicted octanol–water partition coefficient (Wildman–Crippen LogP) is 4.32. The summed E-state index contributed by atoms with van der Waals surface area (Å²) in [6, 6.07) is 10.7. The molecule has 23 heavy (non-hydrogen) atoms. The van der Waals surface area contributed by atoms with Crippen LogP contribution in [0.1, 0.15) is 44.1 Å². The van der Waals surface area contributed by atoms with Gasteiger partial charge in [0.05, 0.1) is 4.88 Å². The first-order chi connectivity index (χ1) is 11.1. The van der Waals surface area contributed by atoms with Crippen LogP contribution in [0.4, 0.5) is 0 Å². The third-order valence-electron chi connectivity index (χ3n) is 4.96. The number of rotatable bonds is 0. The molecule has 2 nitrogen and oxygen atoms in total. The van der Waals surface area contributed by atoms with Crippen LogP contribution in [0.2, 0.25) is 0 Å². The number of hydrogen-bond donors (Lipinski definition) is 0. The molecular weight excluding hydrogens is 302 g/mol. The summed E-state index contributed by atoms with van der Waals surface area (Å²) >= 11 is 1.66. The molecule has 0 spiro atoms. The highest BCUT2D eigenvalue weighted by atomic mass is 32.1. The van der Waals surface area contributed by atoms with Crippen molar-refractivity contribution in [2.75, 3.05) is 20.1 Å². The highest BCUT2D eigenvalue weighted by Crippen LogP contribution is 2.41. The molecule has 1 saturated heterocycles. The molecule has 0 atom stereocenters. The van der Waals surface area contributed by atoms with E-state index in [0.717, 1.165) is 30.8 Å². The number of Topliss-reactive ketones (excluding diaryl/α,β-unsaturated/α-hetero) is 1. The number of carbonyl (C=O) groups is 1. The van der Waals surface area contributed by atoms with Gasteiger partial charge in [-0.1, -0.05) is 29.8 Å². The second kappa shape index (κ2) is 5.73. The molecule has 2 aliphatic rings. The lowest BCUT2D eigenvalue weighted by Crippen LogP contribution is -2.27. The van der Waals surface area contributed by atoms with E-state index in [1.54, 1.807) is 11.3 Å². The molecule has 118 valence electrons. The average Bonchev–Trinajstić information content (AvgIpc) is 2.88. The number of nitrogens with zero attached hydrogens (tertiary/aromatic N) is 1. The molecule has 0 radical (unpaired) electrons. The van der Waals surface area contributed by atoms with Crippen LogP contribution in [0.25, 0.3) is 5.57 Å². The molecule has 0 saturated carbocycles. The number of piperidine rings is 1. The normalized spacial score (nSPS) is 18.6. The van der Waals surface area contributed by atoms with Gasteiger partial charge in [-0.2, -0.15) is 0 Å². The Balaban J connectivity index is 1.98. The van der Waals surface area contributed by atoms with E-state index in [1.807, 2.05) is 6.07 Å². The standard InChI is InChI=1S/C20H21NOS/c1-13-11-17-19(14-7-9-21(2)10-8-14)16-6-4-3-5-15(16)12-18(22)20(17)23-13/h3-6,11H,7-10,12H2,1-2H3. The molecule has 1 aliphatic carbocycles. The molecule has 2 aromatic rings. The minimum atomic E-state index is 0.272. The number of fused-ring (bicyclic) bond motifs is 2. The maximum atomic E-state index is 12.7. The molecule has 4 rings (SSSR count). The van der Waals surface area contributed by atoms with Crippen LogP contribution in [-0.2, 0) is 6.42 Å². The monoisotopic (exact) mass is 323 g/mol. The number of likely N-dealkylation sites (tertiary alicyclic amines) is 1. The molecule has 0 N–H and O–H groups in total. The Morgan fingerprint density at radius 1 is 1.09 bits per heavy atom. The average molecular weight is 323 g/mol. The smallest absolute Gasteiger partial charge is 0.177 e. The second-order valence-electron chi connectivity index (χ2n) is 6.64. The summed E-state index contributed by atoms with van der Waals surface area (Å²) in [5, 5.41) is 0. The van der Waals surface area contributed by atoms with Crippen LogP contribution in [0.5, 0.6) is 0 Å². The summed E-state index contributed by atoms with van der Waals surface area (Å²) in [7, 11) is 2.19. The number of carbonyl (C=O) groups excluding carboxylic acids is 1. The summed E-state index contributed by atoms with van der Waals surface area (Å²) < 4.78 is 0. The Labute approximate surface area is 141 Å². The van der Waals surface area contributed by atoms with Gasteiger partial charge in [0, 0.05) is 30.0 Å². The fourth-order valence-corrected chi connectivity index (χ4v) is 4.70. The van der Waals surface area contributed by atoms with Crippen LogP contribution in [-0.4, -0.2) is 30.8 Å². The van der Waals surface area contributed by atoms with E-state index in [4.69, 9.17) is 0 Å². The number of hydrogen-bond acceptors (Lipinski definition) is 3. The van der Waals surface area contributed by atoms with E-state index in [-0.39, 0.29) is 5.78 Å². The van der Waals surface area contributed by atoms with Crippen molar-refractivity contribution in [3.8, 4) is 0 Å². The van der Waals surface area contributed by atoms with E-state index in [9.17, 15) is 4.79 Å². The van der Waals surface area contributed by atoms with Crippen molar-refractivity contribution in [3.63, 3.8) is 0 Å². The zero-order valence-electron chi connectivity index (χ0n) is 13.7. The summed E-state index contributed by atoms with van der Waals surface area (Å²) in [6.07, 6.45) is 2.73.